The van der Waals surface area contributed by atoms with Crippen LogP contribution in [0.1, 0.15) is 50.5 Å². The minimum absolute atomic E-state index is 0.179. The smallest absolute Gasteiger partial charge is 0.411 e. The monoisotopic (exact) mass is 317 g/mol. The van der Waals surface area contributed by atoms with Crippen LogP contribution < -0.4 is 0 Å². The van der Waals surface area contributed by atoms with Crippen LogP contribution in [-0.4, -0.2) is 33.6 Å². The van der Waals surface area contributed by atoms with Gasteiger partial charge in [-0.2, -0.15) is 0 Å². The quantitative estimate of drug-likeness (QED) is 0.925. The lowest BCUT2D eigenvalue weighted by Gasteiger charge is -2.55. The first-order valence-corrected chi connectivity index (χ1v) is 8.35. The molecule has 1 aliphatic heterocycles. The molecule has 1 saturated carbocycles. The summed E-state index contributed by atoms with van der Waals surface area (Å²) < 4.78 is 5.40. The molecule has 1 N–H and O–H groups in total. The molecule has 5 nitrogen and oxygen atoms in total. The summed E-state index contributed by atoms with van der Waals surface area (Å²) in [5, 5.41) is 9.37. The first kappa shape index (κ1) is 15.8. The van der Waals surface area contributed by atoms with Gasteiger partial charge in [-0.3, -0.25) is 4.90 Å². The zero-order chi connectivity index (χ0) is 16.3. The van der Waals surface area contributed by atoms with E-state index in [-0.39, 0.29) is 12.1 Å². The number of nitrogens with zero attached hydrogens (tertiary/aromatic N) is 1. The summed E-state index contributed by atoms with van der Waals surface area (Å²) in [7, 11) is 0. The van der Waals surface area contributed by atoms with Crippen LogP contribution in [-0.2, 0) is 16.1 Å². The van der Waals surface area contributed by atoms with E-state index in [0.29, 0.717) is 6.42 Å². The van der Waals surface area contributed by atoms with Gasteiger partial charge in [0.1, 0.15) is 12.6 Å². The van der Waals surface area contributed by atoms with Crippen LogP contribution in [0.3, 0.4) is 0 Å². The predicted octanol–water partition coefficient (Wildman–Crippen LogP) is 3.58. The lowest BCUT2D eigenvalue weighted by Crippen LogP contribution is -2.70. The number of carboxylic acids is 1. The molecule has 1 amide bonds. The van der Waals surface area contributed by atoms with Crippen LogP contribution in [0.15, 0.2) is 30.3 Å². The van der Waals surface area contributed by atoms with Gasteiger partial charge in [-0.25, -0.2) is 9.59 Å². The molecule has 0 bridgehead atoms. The van der Waals surface area contributed by atoms with Gasteiger partial charge in [0.15, 0.2) is 0 Å². The molecule has 3 rings (SSSR count). The molecule has 124 valence electrons. The van der Waals surface area contributed by atoms with Crippen molar-refractivity contribution in [1.29, 1.82) is 0 Å². The molecular weight excluding hydrogens is 294 g/mol. The Morgan fingerprint density at radius 2 is 1.78 bits per heavy atom. The summed E-state index contributed by atoms with van der Waals surface area (Å²) in [6.07, 6.45) is 6.26. The molecule has 2 fully saturated rings. The van der Waals surface area contributed by atoms with E-state index >= 15 is 0 Å². The van der Waals surface area contributed by atoms with Crippen molar-refractivity contribution in [3.05, 3.63) is 35.9 Å². The Kier molecular flexibility index (Phi) is 4.55. The Morgan fingerprint density at radius 3 is 2.39 bits per heavy atom. The lowest BCUT2D eigenvalue weighted by molar-refractivity contribution is -0.159. The van der Waals surface area contributed by atoms with Gasteiger partial charge in [0, 0.05) is 12.0 Å². The maximum absolute atomic E-state index is 12.5. The molecule has 1 aromatic carbocycles. The van der Waals surface area contributed by atoms with E-state index in [2.05, 4.69) is 0 Å². The number of likely N-dealkylation sites (tertiary alicyclic amines) is 1. The fraction of sp³-hybridized carbons (Fsp3) is 0.556. The average molecular weight is 317 g/mol. The minimum Gasteiger partial charge on any atom is -0.480 e. The Morgan fingerprint density at radius 1 is 1.13 bits per heavy atom. The molecule has 0 radical (unpaired) electrons. The van der Waals surface area contributed by atoms with Crippen LogP contribution in [0.4, 0.5) is 4.79 Å². The molecule has 23 heavy (non-hydrogen) atoms. The standard InChI is InChI=1S/C18H23NO4/c20-16(21)15-12-18(10-6-1-2-7-11-18)19(15)17(22)23-13-14-8-4-3-5-9-14/h3-5,8-9,15H,1-2,6-7,10-13H2,(H,20,21). The second-order valence-electron chi connectivity index (χ2n) is 6.61. The summed E-state index contributed by atoms with van der Waals surface area (Å²) in [4.78, 5) is 25.5. The number of benzene rings is 1. The average Bonchev–Trinajstić information content (AvgIpc) is 2.79. The first-order valence-electron chi connectivity index (χ1n) is 8.35. The van der Waals surface area contributed by atoms with Crippen molar-refractivity contribution in [2.75, 3.05) is 0 Å². The molecule has 5 heteroatoms. The second kappa shape index (κ2) is 6.60. The molecule has 1 heterocycles. The third-order valence-electron chi connectivity index (χ3n) is 5.12. The summed E-state index contributed by atoms with van der Waals surface area (Å²) in [5.41, 5.74) is 0.607. The molecule has 2 aliphatic rings. The predicted molar refractivity (Wildman–Crippen MR) is 84.9 cm³/mol. The van der Waals surface area contributed by atoms with Crippen LogP contribution in [0, 0.1) is 0 Å². The molecule has 1 aliphatic carbocycles. The molecule has 1 aromatic rings. The number of carbonyl (C=O) groups excluding carboxylic acids is 1. The van der Waals surface area contributed by atoms with Crippen LogP contribution in [0.5, 0.6) is 0 Å². The Hall–Kier alpha value is -2.04. The second-order valence-corrected chi connectivity index (χ2v) is 6.61. The summed E-state index contributed by atoms with van der Waals surface area (Å²) in [6.45, 7) is 0.179. The highest BCUT2D eigenvalue weighted by atomic mass is 16.6. The van der Waals surface area contributed by atoms with Crippen molar-refractivity contribution < 1.29 is 19.4 Å². The molecule has 1 spiro atoms. The Labute approximate surface area is 136 Å². The fourth-order valence-corrected chi connectivity index (χ4v) is 3.91. The van der Waals surface area contributed by atoms with Crippen molar-refractivity contribution in [1.82, 2.24) is 4.90 Å². The number of ether oxygens (including phenoxy) is 1. The summed E-state index contributed by atoms with van der Waals surface area (Å²) >= 11 is 0. The van der Waals surface area contributed by atoms with Gasteiger partial charge >= 0.3 is 12.1 Å². The number of hydrogen-bond donors (Lipinski definition) is 1. The number of aliphatic carboxylic acids is 1. The van der Waals surface area contributed by atoms with E-state index in [4.69, 9.17) is 4.74 Å². The van der Waals surface area contributed by atoms with E-state index in [9.17, 15) is 14.7 Å². The molecular formula is C18H23NO4. The normalized spacial score (nSPS) is 23.0. The Bertz CT molecular complexity index is 564. The summed E-state index contributed by atoms with van der Waals surface area (Å²) in [5.74, 6) is -0.934. The van der Waals surface area contributed by atoms with E-state index in [1.165, 1.54) is 4.90 Å². The minimum atomic E-state index is -0.934. The zero-order valence-electron chi connectivity index (χ0n) is 13.2. The number of hydrogen-bond acceptors (Lipinski definition) is 3. The molecule has 1 unspecified atom stereocenters. The summed E-state index contributed by atoms with van der Waals surface area (Å²) in [6, 6.07) is 8.72. The topological polar surface area (TPSA) is 66.8 Å². The number of carboxylic acid groups (broad SMARTS) is 1. The van der Waals surface area contributed by atoms with E-state index in [0.717, 1.165) is 44.1 Å². The SMILES string of the molecule is O=C(O)C1CC2(CCCCCC2)N1C(=O)OCc1ccccc1. The van der Waals surface area contributed by atoms with Crippen molar-refractivity contribution in [2.24, 2.45) is 0 Å². The van der Waals surface area contributed by atoms with Crippen molar-refractivity contribution in [2.45, 2.75) is 63.1 Å². The van der Waals surface area contributed by atoms with Crippen molar-refractivity contribution in [3.63, 3.8) is 0 Å². The third kappa shape index (κ3) is 3.19. The highest BCUT2D eigenvalue weighted by Gasteiger charge is 2.57. The highest BCUT2D eigenvalue weighted by molar-refractivity contribution is 5.83. The third-order valence-corrected chi connectivity index (χ3v) is 5.12. The van der Waals surface area contributed by atoms with Gasteiger partial charge in [-0.05, 0) is 18.4 Å². The largest absolute Gasteiger partial charge is 0.480 e. The molecule has 1 saturated heterocycles. The lowest BCUT2D eigenvalue weighted by atomic mass is 9.73. The van der Waals surface area contributed by atoms with Crippen molar-refractivity contribution >= 4 is 12.1 Å². The number of amides is 1. The maximum atomic E-state index is 12.5. The van der Waals surface area contributed by atoms with Gasteiger partial charge in [-0.1, -0.05) is 56.0 Å². The van der Waals surface area contributed by atoms with Gasteiger partial charge in [0.25, 0.3) is 0 Å². The van der Waals surface area contributed by atoms with Crippen LogP contribution in [0.25, 0.3) is 0 Å². The number of rotatable bonds is 3. The fourth-order valence-electron chi connectivity index (χ4n) is 3.91. The molecule has 0 aromatic heterocycles. The first-order chi connectivity index (χ1) is 11.1. The Balaban J connectivity index is 1.70. The van der Waals surface area contributed by atoms with Gasteiger partial charge in [0.05, 0.1) is 0 Å². The van der Waals surface area contributed by atoms with E-state index in [1.54, 1.807) is 0 Å². The number of carbonyl (C=O) groups is 2. The van der Waals surface area contributed by atoms with Crippen molar-refractivity contribution in [3.8, 4) is 0 Å². The molecule has 1 atom stereocenters. The van der Waals surface area contributed by atoms with E-state index < -0.39 is 18.1 Å². The van der Waals surface area contributed by atoms with Gasteiger partial charge in [-0.15, -0.1) is 0 Å². The van der Waals surface area contributed by atoms with Gasteiger partial charge in [0.2, 0.25) is 0 Å². The van der Waals surface area contributed by atoms with Gasteiger partial charge < -0.3 is 9.84 Å². The van der Waals surface area contributed by atoms with Crippen LogP contribution >= 0.6 is 0 Å². The highest BCUT2D eigenvalue weighted by Crippen LogP contribution is 2.46. The zero-order valence-corrected chi connectivity index (χ0v) is 13.2. The van der Waals surface area contributed by atoms with E-state index in [1.807, 2.05) is 30.3 Å². The van der Waals surface area contributed by atoms with Crippen LogP contribution in [0.2, 0.25) is 0 Å². The maximum Gasteiger partial charge on any atom is 0.411 e.